The number of benzene rings is 1. The first-order chi connectivity index (χ1) is 9.99. The van der Waals surface area contributed by atoms with Gasteiger partial charge in [0.2, 0.25) is 0 Å². The number of nitrogens with zero attached hydrogens (tertiary/aromatic N) is 2. The molecule has 1 aliphatic rings. The lowest BCUT2D eigenvalue weighted by molar-refractivity contribution is -0.143. The fraction of sp³-hybridized carbons (Fsp3) is 0.214. The second-order valence-corrected chi connectivity index (χ2v) is 4.91. The standard InChI is InChI=1S/C14H14N4O3/c1-14(13(20)16-11-7-8-18(2)17-11)12(19)15-9-5-3-4-6-10(9)21-14/h3-8H,1-2H3,(H,15,19)(H,16,17,20)/t14-/m0/s1. The Labute approximate surface area is 120 Å². The molecule has 2 N–H and O–H groups in total. The smallest absolute Gasteiger partial charge is 0.279 e. The van der Waals surface area contributed by atoms with Gasteiger partial charge < -0.3 is 15.4 Å². The SMILES string of the molecule is Cn1ccc(NC(=O)[C@@]2(C)Oc3ccccc3NC2=O)n1. The Kier molecular flexibility index (Phi) is 2.90. The van der Waals surface area contributed by atoms with E-state index < -0.39 is 17.4 Å². The molecule has 0 aliphatic carbocycles. The van der Waals surface area contributed by atoms with Crippen molar-refractivity contribution in [2.75, 3.05) is 10.6 Å². The number of rotatable bonds is 2. The molecule has 1 aromatic carbocycles. The number of para-hydroxylation sites is 2. The summed E-state index contributed by atoms with van der Waals surface area (Å²) >= 11 is 0. The predicted octanol–water partition coefficient (Wildman–Crippen LogP) is 1.15. The largest absolute Gasteiger partial charge is 0.466 e. The summed E-state index contributed by atoms with van der Waals surface area (Å²) in [6, 6.07) is 8.59. The second-order valence-electron chi connectivity index (χ2n) is 4.91. The zero-order chi connectivity index (χ0) is 15.0. The van der Waals surface area contributed by atoms with Gasteiger partial charge in [-0.1, -0.05) is 12.1 Å². The first kappa shape index (κ1) is 13.2. The molecule has 7 nitrogen and oxygen atoms in total. The van der Waals surface area contributed by atoms with E-state index in [0.29, 0.717) is 17.3 Å². The first-order valence-corrected chi connectivity index (χ1v) is 6.39. The molecule has 0 bridgehead atoms. The van der Waals surface area contributed by atoms with Gasteiger partial charge in [-0.2, -0.15) is 5.10 Å². The van der Waals surface area contributed by atoms with Gasteiger partial charge in [0.25, 0.3) is 17.4 Å². The van der Waals surface area contributed by atoms with E-state index in [0.717, 1.165) is 0 Å². The maximum Gasteiger partial charge on any atom is 0.279 e. The van der Waals surface area contributed by atoms with Gasteiger partial charge in [-0.25, -0.2) is 0 Å². The highest BCUT2D eigenvalue weighted by Gasteiger charge is 2.47. The molecule has 21 heavy (non-hydrogen) atoms. The van der Waals surface area contributed by atoms with Gasteiger partial charge in [-0.15, -0.1) is 0 Å². The van der Waals surface area contributed by atoms with E-state index in [4.69, 9.17) is 4.74 Å². The lowest BCUT2D eigenvalue weighted by Crippen LogP contribution is -2.56. The Hall–Kier alpha value is -2.83. The Morgan fingerprint density at radius 2 is 2.14 bits per heavy atom. The van der Waals surface area contributed by atoms with E-state index in [9.17, 15) is 9.59 Å². The molecule has 108 valence electrons. The highest BCUT2D eigenvalue weighted by Crippen LogP contribution is 2.33. The number of aromatic nitrogens is 2. The number of anilines is 2. The quantitative estimate of drug-likeness (QED) is 0.811. The second kappa shape index (κ2) is 4.62. The lowest BCUT2D eigenvalue weighted by Gasteiger charge is -2.32. The lowest BCUT2D eigenvalue weighted by atomic mass is 10.0. The highest BCUT2D eigenvalue weighted by molar-refractivity contribution is 6.18. The van der Waals surface area contributed by atoms with Crippen molar-refractivity contribution < 1.29 is 14.3 Å². The molecule has 1 aromatic heterocycles. The summed E-state index contributed by atoms with van der Waals surface area (Å²) in [7, 11) is 1.73. The van der Waals surface area contributed by atoms with Crippen molar-refractivity contribution in [3.05, 3.63) is 36.5 Å². The fourth-order valence-electron chi connectivity index (χ4n) is 2.03. The van der Waals surface area contributed by atoms with Gasteiger partial charge in [-0.05, 0) is 19.1 Å². The van der Waals surface area contributed by atoms with Crippen molar-refractivity contribution in [1.29, 1.82) is 0 Å². The van der Waals surface area contributed by atoms with Crippen molar-refractivity contribution in [2.24, 2.45) is 7.05 Å². The van der Waals surface area contributed by atoms with Crippen LogP contribution in [0.5, 0.6) is 5.75 Å². The summed E-state index contributed by atoms with van der Waals surface area (Å²) in [6.07, 6.45) is 1.69. The van der Waals surface area contributed by atoms with Gasteiger partial charge in [-0.3, -0.25) is 14.3 Å². The van der Waals surface area contributed by atoms with Crippen LogP contribution in [-0.4, -0.2) is 27.2 Å². The molecule has 0 radical (unpaired) electrons. The minimum atomic E-state index is -1.65. The third kappa shape index (κ3) is 2.22. The predicted molar refractivity (Wildman–Crippen MR) is 75.9 cm³/mol. The fourth-order valence-corrected chi connectivity index (χ4v) is 2.03. The number of hydrogen-bond acceptors (Lipinski definition) is 4. The maximum absolute atomic E-state index is 12.4. The summed E-state index contributed by atoms with van der Waals surface area (Å²) in [4.78, 5) is 24.6. The van der Waals surface area contributed by atoms with Crippen LogP contribution in [0.25, 0.3) is 0 Å². The number of aryl methyl sites for hydroxylation is 1. The number of carbonyl (C=O) groups is 2. The molecule has 0 unspecified atom stereocenters. The summed E-state index contributed by atoms with van der Waals surface area (Å²) < 4.78 is 7.16. The Bertz CT molecular complexity index is 725. The van der Waals surface area contributed by atoms with Crippen LogP contribution in [0.4, 0.5) is 11.5 Å². The highest BCUT2D eigenvalue weighted by atomic mass is 16.5. The van der Waals surface area contributed by atoms with E-state index in [2.05, 4.69) is 15.7 Å². The third-order valence-corrected chi connectivity index (χ3v) is 3.27. The zero-order valence-corrected chi connectivity index (χ0v) is 11.6. The van der Waals surface area contributed by atoms with E-state index >= 15 is 0 Å². The number of amides is 2. The van der Waals surface area contributed by atoms with Crippen LogP contribution in [0.15, 0.2) is 36.5 Å². The molecule has 2 heterocycles. The van der Waals surface area contributed by atoms with Crippen LogP contribution >= 0.6 is 0 Å². The zero-order valence-electron chi connectivity index (χ0n) is 11.6. The average molecular weight is 286 g/mol. The van der Waals surface area contributed by atoms with Gasteiger partial charge in [0.1, 0.15) is 5.75 Å². The summed E-state index contributed by atoms with van der Waals surface area (Å²) in [5.41, 5.74) is -1.10. The van der Waals surface area contributed by atoms with E-state index in [1.807, 2.05) is 0 Å². The molecule has 2 aromatic rings. The normalized spacial score (nSPS) is 20.2. The van der Waals surface area contributed by atoms with Crippen LogP contribution in [0, 0.1) is 0 Å². The van der Waals surface area contributed by atoms with Crippen molar-refractivity contribution >= 4 is 23.3 Å². The van der Waals surface area contributed by atoms with Crippen molar-refractivity contribution in [1.82, 2.24) is 9.78 Å². The number of hydrogen-bond donors (Lipinski definition) is 2. The number of nitrogens with one attached hydrogen (secondary N) is 2. The first-order valence-electron chi connectivity index (χ1n) is 6.39. The third-order valence-electron chi connectivity index (χ3n) is 3.27. The van der Waals surface area contributed by atoms with Crippen LogP contribution < -0.4 is 15.4 Å². The van der Waals surface area contributed by atoms with Crippen LogP contribution in [0.3, 0.4) is 0 Å². The van der Waals surface area contributed by atoms with E-state index in [1.54, 1.807) is 48.3 Å². The summed E-state index contributed by atoms with van der Waals surface area (Å²) in [6.45, 7) is 1.43. The molecule has 0 saturated heterocycles. The maximum atomic E-state index is 12.4. The van der Waals surface area contributed by atoms with E-state index in [1.165, 1.54) is 6.92 Å². The van der Waals surface area contributed by atoms with Gasteiger partial charge >= 0.3 is 0 Å². The minimum absolute atomic E-state index is 0.360. The van der Waals surface area contributed by atoms with Crippen molar-refractivity contribution in [2.45, 2.75) is 12.5 Å². The van der Waals surface area contributed by atoms with Crippen molar-refractivity contribution in [3.63, 3.8) is 0 Å². The molecular weight excluding hydrogens is 272 g/mol. The molecule has 2 amide bonds. The van der Waals surface area contributed by atoms with Crippen molar-refractivity contribution in [3.8, 4) is 5.75 Å². The molecule has 0 spiro atoms. The molecular formula is C14H14N4O3. The molecule has 1 aliphatic heterocycles. The molecule has 3 rings (SSSR count). The van der Waals surface area contributed by atoms with E-state index in [-0.39, 0.29) is 0 Å². The number of fused-ring (bicyclic) bond motifs is 1. The summed E-state index contributed by atoms with van der Waals surface area (Å²) in [5.74, 6) is -0.280. The Morgan fingerprint density at radius 3 is 2.86 bits per heavy atom. The summed E-state index contributed by atoms with van der Waals surface area (Å²) in [5, 5.41) is 9.29. The van der Waals surface area contributed by atoms with Gasteiger partial charge in [0.05, 0.1) is 5.69 Å². The average Bonchev–Trinajstić information content (AvgIpc) is 2.85. The van der Waals surface area contributed by atoms with Crippen LogP contribution in [0.1, 0.15) is 6.92 Å². The Balaban J connectivity index is 1.86. The minimum Gasteiger partial charge on any atom is -0.466 e. The Morgan fingerprint density at radius 1 is 1.38 bits per heavy atom. The topological polar surface area (TPSA) is 85.3 Å². The molecule has 0 fully saturated rings. The van der Waals surface area contributed by atoms with Gasteiger partial charge in [0, 0.05) is 19.3 Å². The number of ether oxygens (including phenoxy) is 1. The number of carbonyl (C=O) groups excluding carboxylic acids is 2. The molecule has 7 heteroatoms. The molecule has 1 atom stereocenters. The van der Waals surface area contributed by atoms with Crippen LogP contribution in [0.2, 0.25) is 0 Å². The monoisotopic (exact) mass is 286 g/mol. The van der Waals surface area contributed by atoms with Crippen LogP contribution in [-0.2, 0) is 16.6 Å². The van der Waals surface area contributed by atoms with Gasteiger partial charge in [0.15, 0.2) is 5.82 Å². The molecule has 0 saturated carbocycles.